The molecule has 0 heterocycles. The minimum atomic E-state index is 0.837. The number of benzene rings is 7. The molecule has 0 unspecified atom stereocenters. The molecular weight excluding hydrogens is 723 g/mol. The monoisotopic (exact) mass is 773 g/mol. The Bertz CT molecular complexity index is 2810. The molecule has 0 spiro atoms. The Morgan fingerprint density at radius 3 is 1.73 bits per heavy atom. The summed E-state index contributed by atoms with van der Waals surface area (Å²) >= 11 is 0. The van der Waals surface area contributed by atoms with Crippen molar-refractivity contribution in [2.24, 2.45) is 4.99 Å². The van der Waals surface area contributed by atoms with Crippen LogP contribution in [0, 0.1) is 0 Å². The third-order valence-electron chi connectivity index (χ3n) is 11.5. The number of rotatable bonds is 12. The normalized spacial score (nSPS) is 14.0. The molecule has 1 heteroatoms. The Morgan fingerprint density at radius 1 is 0.533 bits per heavy atom. The number of aliphatic imine (C=N–C) groups is 1. The summed E-state index contributed by atoms with van der Waals surface area (Å²) in [6.07, 6.45) is 12.0. The van der Waals surface area contributed by atoms with Crippen molar-refractivity contribution in [3.63, 3.8) is 0 Å². The first-order chi connectivity index (χ1) is 29.4. The van der Waals surface area contributed by atoms with E-state index in [1.165, 1.54) is 66.5 Å². The molecule has 0 aliphatic heterocycles. The van der Waals surface area contributed by atoms with Gasteiger partial charge in [-0.2, -0.15) is 0 Å². The highest BCUT2D eigenvalue weighted by molar-refractivity contribution is 6.05. The van der Waals surface area contributed by atoms with Crippen LogP contribution in [0.4, 0.5) is 0 Å². The first-order valence-electron chi connectivity index (χ1n) is 21.0. The quantitative estimate of drug-likeness (QED) is 0.0866. The van der Waals surface area contributed by atoms with Crippen molar-refractivity contribution < 1.29 is 0 Å². The second kappa shape index (κ2) is 18.7. The summed E-state index contributed by atoms with van der Waals surface area (Å²) in [5.41, 5.74) is 19.0. The van der Waals surface area contributed by atoms with Crippen LogP contribution >= 0.6 is 0 Å². The van der Waals surface area contributed by atoms with Crippen LogP contribution < -0.4 is 0 Å². The van der Waals surface area contributed by atoms with Crippen molar-refractivity contribution in [1.82, 2.24) is 0 Å². The maximum Gasteiger partial charge on any atom is 0.0697 e. The Labute approximate surface area is 356 Å². The molecule has 8 rings (SSSR count). The summed E-state index contributed by atoms with van der Waals surface area (Å²) in [5, 5.41) is 2.53. The molecule has 0 bridgehead atoms. The van der Waals surface area contributed by atoms with E-state index in [1.54, 1.807) is 0 Å². The van der Waals surface area contributed by atoms with Gasteiger partial charge >= 0.3 is 0 Å². The number of nitrogens with zero attached hydrogens (tertiary/aromatic N) is 1. The first-order valence-corrected chi connectivity index (χ1v) is 21.0. The van der Waals surface area contributed by atoms with Crippen molar-refractivity contribution in [2.75, 3.05) is 0 Å². The zero-order valence-electron chi connectivity index (χ0n) is 34.9. The minimum Gasteiger partial charge on any atom is -0.253 e. The molecule has 0 fully saturated rings. The second-order valence-electron chi connectivity index (χ2n) is 15.7. The molecule has 292 valence electrons. The van der Waals surface area contributed by atoms with Gasteiger partial charge in [0.15, 0.2) is 0 Å². The lowest BCUT2D eigenvalue weighted by Crippen LogP contribution is -1.99. The third-order valence-corrected chi connectivity index (χ3v) is 11.5. The smallest absolute Gasteiger partial charge is 0.0697 e. The van der Waals surface area contributed by atoms with E-state index < -0.39 is 0 Å². The zero-order chi connectivity index (χ0) is 41.3. The summed E-state index contributed by atoms with van der Waals surface area (Å²) in [7, 11) is 0. The van der Waals surface area contributed by atoms with Gasteiger partial charge in [-0.15, -0.1) is 0 Å². The van der Waals surface area contributed by atoms with Gasteiger partial charge in [0.2, 0.25) is 0 Å². The zero-order valence-corrected chi connectivity index (χ0v) is 34.9. The van der Waals surface area contributed by atoms with E-state index >= 15 is 0 Å². The van der Waals surface area contributed by atoms with Gasteiger partial charge in [0.05, 0.1) is 5.70 Å². The maximum absolute atomic E-state index is 5.29. The van der Waals surface area contributed by atoms with Gasteiger partial charge in [0.1, 0.15) is 0 Å². The molecule has 0 saturated heterocycles. The summed E-state index contributed by atoms with van der Waals surface area (Å²) in [6.45, 7) is 11.0. The standard InChI is InChI=1S/C59H51N/c1-42(47-21-11-6-12-22-47)40-55(41-43(2)48-23-13-7-14-24-48)50-31-33-51(34-32-50)56-29-17-27-53-28-18-30-57(58(53)56)52-35-37-54(38-36-52)59(44(3)39-46-19-9-5-10-20-46)60-45(4)49-25-15-8-16-26-49/h5-31,33,35-38,40-41H,1,32,34,39H2,2-4H3/b43-41+,55-40+,59-44-,60-45?. The maximum atomic E-state index is 5.29. The number of fused-ring (bicyclic) bond motifs is 1. The van der Waals surface area contributed by atoms with Crippen molar-refractivity contribution >= 4 is 38.9 Å². The van der Waals surface area contributed by atoms with Crippen LogP contribution in [0.1, 0.15) is 67.0 Å². The topological polar surface area (TPSA) is 12.4 Å². The average molecular weight is 774 g/mol. The summed E-state index contributed by atoms with van der Waals surface area (Å²) in [4.78, 5) is 5.29. The summed E-state index contributed by atoms with van der Waals surface area (Å²) < 4.78 is 0. The van der Waals surface area contributed by atoms with Crippen LogP contribution in [-0.4, -0.2) is 5.71 Å². The van der Waals surface area contributed by atoms with Gasteiger partial charge in [0, 0.05) is 11.3 Å². The van der Waals surface area contributed by atoms with Crippen LogP contribution in [0.3, 0.4) is 0 Å². The predicted molar refractivity (Wildman–Crippen MR) is 260 cm³/mol. The molecule has 1 aliphatic rings. The van der Waals surface area contributed by atoms with Gasteiger partial charge in [-0.25, -0.2) is 0 Å². The molecule has 1 aliphatic carbocycles. The number of allylic oxidation sites excluding steroid dienone is 10. The molecule has 7 aromatic rings. The summed E-state index contributed by atoms with van der Waals surface area (Å²) in [5.74, 6) is 0. The predicted octanol–water partition coefficient (Wildman–Crippen LogP) is 15.8. The van der Waals surface area contributed by atoms with E-state index in [4.69, 9.17) is 4.99 Å². The Morgan fingerprint density at radius 2 is 1.12 bits per heavy atom. The average Bonchev–Trinajstić information content (AvgIpc) is 3.31. The fourth-order valence-corrected chi connectivity index (χ4v) is 8.23. The molecule has 0 atom stereocenters. The fourth-order valence-electron chi connectivity index (χ4n) is 8.23. The second-order valence-corrected chi connectivity index (χ2v) is 15.7. The molecule has 0 aromatic heterocycles. The highest BCUT2D eigenvalue weighted by Crippen LogP contribution is 2.40. The van der Waals surface area contributed by atoms with E-state index in [2.05, 4.69) is 234 Å². The largest absolute Gasteiger partial charge is 0.253 e. The van der Waals surface area contributed by atoms with Gasteiger partial charge in [0.25, 0.3) is 0 Å². The highest BCUT2D eigenvalue weighted by Gasteiger charge is 2.17. The van der Waals surface area contributed by atoms with Gasteiger partial charge in [-0.1, -0.05) is 207 Å². The lowest BCUT2D eigenvalue weighted by atomic mass is 9.84. The van der Waals surface area contributed by atoms with Crippen LogP contribution in [0.25, 0.3) is 44.3 Å². The van der Waals surface area contributed by atoms with Gasteiger partial charge in [-0.3, -0.25) is 4.99 Å². The van der Waals surface area contributed by atoms with E-state index in [-0.39, 0.29) is 0 Å². The van der Waals surface area contributed by atoms with Crippen LogP contribution in [0.5, 0.6) is 0 Å². The van der Waals surface area contributed by atoms with Gasteiger partial charge in [-0.05, 0) is 129 Å². The van der Waals surface area contributed by atoms with E-state index in [9.17, 15) is 0 Å². The van der Waals surface area contributed by atoms with Crippen LogP contribution in [0.2, 0.25) is 0 Å². The molecule has 7 aromatic carbocycles. The number of hydrogen-bond donors (Lipinski definition) is 0. The fraction of sp³-hybridized carbons (Fsp3) is 0.102. The van der Waals surface area contributed by atoms with Crippen molar-refractivity contribution in [3.8, 4) is 11.1 Å². The van der Waals surface area contributed by atoms with Crippen LogP contribution in [0.15, 0.2) is 235 Å². The highest BCUT2D eigenvalue weighted by atomic mass is 14.8. The van der Waals surface area contributed by atoms with E-state index in [0.29, 0.717) is 0 Å². The van der Waals surface area contributed by atoms with Gasteiger partial charge < -0.3 is 0 Å². The Hall–Kier alpha value is -7.09. The van der Waals surface area contributed by atoms with E-state index in [0.717, 1.165) is 52.9 Å². The summed E-state index contributed by atoms with van der Waals surface area (Å²) in [6, 6.07) is 64.7. The molecule has 1 nitrogen and oxygen atoms in total. The molecule has 0 N–H and O–H groups in total. The minimum absolute atomic E-state index is 0.837. The lowest BCUT2D eigenvalue weighted by Gasteiger charge is -2.20. The SMILES string of the molecule is C=C(/C=C(\C=C(/C)c1ccccc1)C1=CC=C(c2cccc3cccc(-c4ccc(/C(N=C(C)c5ccccc5)=C(\C)Cc5ccccc5)cc4)c23)CC1)c1ccccc1. The van der Waals surface area contributed by atoms with Crippen molar-refractivity contribution in [2.45, 2.75) is 40.0 Å². The van der Waals surface area contributed by atoms with E-state index in [1.807, 2.05) is 0 Å². The Balaban J connectivity index is 1.15. The Kier molecular flexibility index (Phi) is 12.4. The lowest BCUT2D eigenvalue weighted by molar-refractivity contribution is 0.995. The molecule has 0 saturated carbocycles. The number of hydrogen-bond acceptors (Lipinski definition) is 1. The van der Waals surface area contributed by atoms with Crippen molar-refractivity contribution in [1.29, 1.82) is 0 Å². The first kappa shape index (κ1) is 39.7. The van der Waals surface area contributed by atoms with Crippen molar-refractivity contribution in [3.05, 3.63) is 263 Å². The molecule has 0 amide bonds. The molecule has 60 heavy (non-hydrogen) atoms. The van der Waals surface area contributed by atoms with Crippen LogP contribution in [-0.2, 0) is 6.42 Å². The third kappa shape index (κ3) is 9.28. The molecular formula is C59H51N. The molecule has 0 radical (unpaired) electrons.